The van der Waals surface area contributed by atoms with Gasteiger partial charge in [0.1, 0.15) is 0 Å². The van der Waals surface area contributed by atoms with Crippen LogP contribution in [0.1, 0.15) is 12.8 Å². The summed E-state index contributed by atoms with van der Waals surface area (Å²) < 4.78 is 38.6. The maximum absolute atomic E-state index is 13.0. The molecule has 0 spiro atoms. The zero-order valence-electron chi connectivity index (χ0n) is 7.27. The van der Waals surface area contributed by atoms with Crippen LogP contribution in [-0.2, 0) is 0 Å². The molecule has 2 rings (SSSR count). The van der Waals surface area contributed by atoms with Crippen molar-refractivity contribution in [2.45, 2.75) is 24.8 Å². The van der Waals surface area contributed by atoms with E-state index in [9.17, 15) is 13.3 Å². The van der Waals surface area contributed by atoms with Gasteiger partial charge in [0.2, 0.25) is 0 Å². The molecule has 0 bridgehead atoms. The van der Waals surface area contributed by atoms with E-state index < -0.39 is 18.4 Å². The van der Waals surface area contributed by atoms with Gasteiger partial charge in [-0.25, -0.2) is 8.78 Å². The first kappa shape index (κ1) is 9.27. The fourth-order valence-corrected chi connectivity index (χ4v) is 1.61. The van der Waals surface area contributed by atoms with Crippen molar-refractivity contribution >= 4 is 0 Å². The molecule has 0 aromatic rings. The van der Waals surface area contributed by atoms with E-state index in [-0.39, 0.29) is 18.2 Å². The minimum absolute atomic E-state index is 0.146. The van der Waals surface area contributed by atoms with Crippen LogP contribution in [0.2, 0.25) is 0 Å². The van der Waals surface area contributed by atoms with Crippen LogP contribution in [0.5, 0.6) is 0 Å². The van der Waals surface area contributed by atoms with Crippen LogP contribution in [0.15, 0.2) is 0 Å². The highest BCUT2D eigenvalue weighted by atomic mass is 19.3. The molecule has 0 amide bonds. The Hall–Kier alpha value is -0.290. The average molecular weight is 194 g/mol. The van der Waals surface area contributed by atoms with E-state index in [1.165, 1.54) is 0 Å². The second-order valence-corrected chi connectivity index (χ2v) is 3.94. The number of rotatable bonds is 3. The van der Waals surface area contributed by atoms with Crippen LogP contribution in [0.3, 0.4) is 0 Å². The molecule has 2 nitrogen and oxygen atoms in total. The molecular weight excluding hydrogens is 181 g/mol. The molecular formula is C8H13F3N2. The van der Waals surface area contributed by atoms with Crippen LogP contribution in [-0.4, -0.2) is 36.7 Å². The highest BCUT2D eigenvalue weighted by Crippen LogP contribution is 2.33. The number of halogens is 3. The van der Waals surface area contributed by atoms with E-state index in [1.54, 1.807) is 0 Å². The van der Waals surface area contributed by atoms with Gasteiger partial charge in [-0.15, -0.1) is 9.60 Å². The number of alkyl halides is 2. The topological polar surface area (TPSA) is 15.3 Å². The van der Waals surface area contributed by atoms with E-state index in [0.717, 1.165) is 12.8 Å². The predicted molar refractivity (Wildman–Crippen MR) is 42.1 cm³/mol. The summed E-state index contributed by atoms with van der Waals surface area (Å²) in [6.45, 7) is -0.658. The van der Waals surface area contributed by atoms with Gasteiger partial charge >= 0.3 is 0 Å². The summed E-state index contributed by atoms with van der Waals surface area (Å²) in [5, 5.41) is 3.21. The van der Waals surface area contributed by atoms with Crippen LogP contribution in [0.25, 0.3) is 0 Å². The Labute approximate surface area is 75.0 Å². The maximum atomic E-state index is 13.0. The van der Waals surface area contributed by atoms with Crippen LogP contribution >= 0.6 is 0 Å². The summed E-state index contributed by atoms with van der Waals surface area (Å²) >= 11 is 0. The molecule has 1 unspecified atom stereocenters. The largest absolute Gasteiger partial charge is 0.313 e. The predicted octanol–water partition coefficient (Wildman–Crippen LogP) is 1.19. The molecule has 0 aromatic carbocycles. The summed E-state index contributed by atoms with van der Waals surface area (Å²) in [7, 11) is 0. The van der Waals surface area contributed by atoms with Crippen LogP contribution in [0.4, 0.5) is 13.3 Å². The molecule has 5 heteroatoms. The molecule has 1 aliphatic heterocycles. The van der Waals surface area contributed by atoms with E-state index in [2.05, 4.69) is 5.32 Å². The van der Waals surface area contributed by atoms with Gasteiger partial charge in [0, 0.05) is 19.1 Å². The standard InChI is InChI=1S/C8H13F3N2/c9-8(10)5-13(11)4-6(8)3-12-7-1-2-7/h6-7,12H,1-5H2. The Bertz CT molecular complexity index is 194. The first-order valence-electron chi connectivity index (χ1n) is 4.60. The molecule has 2 fully saturated rings. The Morgan fingerprint density at radius 3 is 2.54 bits per heavy atom. The van der Waals surface area contributed by atoms with Crippen molar-refractivity contribution < 1.29 is 13.3 Å². The van der Waals surface area contributed by atoms with Gasteiger partial charge in [-0.3, -0.25) is 0 Å². The van der Waals surface area contributed by atoms with Crippen molar-refractivity contribution in [1.29, 1.82) is 0 Å². The van der Waals surface area contributed by atoms with Gasteiger partial charge in [0.15, 0.2) is 0 Å². The van der Waals surface area contributed by atoms with Crippen molar-refractivity contribution in [3.05, 3.63) is 0 Å². The molecule has 1 saturated heterocycles. The molecule has 1 saturated carbocycles. The summed E-state index contributed by atoms with van der Waals surface area (Å²) in [5.74, 6) is -3.73. The highest BCUT2D eigenvalue weighted by Gasteiger charge is 2.48. The Morgan fingerprint density at radius 1 is 1.38 bits per heavy atom. The van der Waals surface area contributed by atoms with Gasteiger partial charge in [0.25, 0.3) is 5.92 Å². The summed E-state index contributed by atoms with van der Waals surface area (Å²) in [6, 6.07) is 0.407. The Kier molecular flexibility index (Phi) is 2.23. The lowest BCUT2D eigenvalue weighted by Gasteiger charge is -2.17. The van der Waals surface area contributed by atoms with Gasteiger partial charge in [-0.1, -0.05) is 0 Å². The zero-order valence-corrected chi connectivity index (χ0v) is 7.27. The normalized spacial score (nSPS) is 33.9. The van der Waals surface area contributed by atoms with E-state index >= 15 is 0 Å². The minimum Gasteiger partial charge on any atom is -0.313 e. The maximum Gasteiger partial charge on any atom is 0.268 e. The fourth-order valence-electron chi connectivity index (χ4n) is 1.61. The molecule has 76 valence electrons. The summed E-state index contributed by atoms with van der Waals surface area (Å²) in [5.41, 5.74) is 0. The lowest BCUT2D eigenvalue weighted by atomic mass is 10.1. The molecule has 0 aromatic heterocycles. The molecule has 1 heterocycles. The second kappa shape index (κ2) is 3.13. The minimum atomic E-state index is -2.86. The first-order valence-corrected chi connectivity index (χ1v) is 4.60. The van der Waals surface area contributed by atoms with Gasteiger partial charge in [-0.05, 0) is 12.8 Å². The van der Waals surface area contributed by atoms with Gasteiger partial charge in [0.05, 0.1) is 12.5 Å². The smallest absolute Gasteiger partial charge is 0.268 e. The van der Waals surface area contributed by atoms with Gasteiger partial charge in [-0.2, -0.15) is 0 Å². The van der Waals surface area contributed by atoms with Gasteiger partial charge < -0.3 is 5.32 Å². The van der Waals surface area contributed by atoms with Crippen molar-refractivity contribution in [2.24, 2.45) is 5.92 Å². The first-order chi connectivity index (χ1) is 6.08. The highest BCUT2D eigenvalue weighted by molar-refractivity contribution is 4.91. The second-order valence-electron chi connectivity index (χ2n) is 3.94. The lowest BCUT2D eigenvalue weighted by Crippen LogP contribution is -2.36. The van der Waals surface area contributed by atoms with E-state index in [0.29, 0.717) is 6.04 Å². The molecule has 1 N–H and O–H groups in total. The Morgan fingerprint density at radius 2 is 2.08 bits per heavy atom. The van der Waals surface area contributed by atoms with Crippen LogP contribution in [0, 0.1) is 5.92 Å². The van der Waals surface area contributed by atoms with Crippen molar-refractivity contribution in [2.75, 3.05) is 19.6 Å². The molecule has 1 atom stereocenters. The number of nitrogens with one attached hydrogen (secondary N) is 1. The van der Waals surface area contributed by atoms with Crippen molar-refractivity contribution in [1.82, 2.24) is 10.4 Å². The summed E-state index contributed by atoms with van der Waals surface area (Å²) in [4.78, 5) is 0. The SMILES string of the molecule is FN1CC(CNC2CC2)C(F)(F)C1. The molecule has 0 radical (unpaired) electrons. The Balaban J connectivity index is 1.82. The van der Waals surface area contributed by atoms with Crippen molar-refractivity contribution in [3.8, 4) is 0 Å². The molecule has 2 aliphatic rings. The van der Waals surface area contributed by atoms with Crippen molar-refractivity contribution in [3.63, 3.8) is 0 Å². The number of nitrogens with zero attached hydrogens (tertiary/aromatic N) is 1. The average Bonchev–Trinajstić information content (AvgIpc) is 2.75. The number of hydrogen-bond donors (Lipinski definition) is 1. The molecule has 13 heavy (non-hydrogen) atoms. The summed E-state index contributed by atoms with van der Waals surface area (Å²) in [6.07, 6.45) is 2.13. The monoisotopic (exact) mass is 194 g/mol. The third kappa shape index (κ3) is 2.14. The fraction of sp³-hybridized carbons (Fsp3) is 1.00. The lowest BCUT2D eigenvalue weighted by molar-refractivity contribution is -0.0448. The zero-order chi connectivity index (χ0) is 9.47. The number of hydrogen-bond acceptors (Lipinski definition) is 2. The quantitative estimate of drug-likeness (QED) is 0.679. The van der Waals surface area contributed by atoms with E-state index in [1.807, 2.05) is 0 Å². The molecule has 1 aliphatic carbocycles. The van der Waals surface area contributed by atoms with E-state index in [4.69, 9.17) is 0 Å². The third-order valence-electron chi connectivity index (χ3n) is 2.63. The third-order valence-corrected chi connectivity index (χ3v) is 2.63. The van der Waals surface area contributed by atoms with Crippen LogP contribution < -0.4 is 5.32 Å².